The molecule has 0 aliphatic rings. The van der Waals surface area contributed by atoms with Crippen LogP contribution >= 0.6 is 0 Å². The normalized spacial score (nSPS) is 11.9. The fourth-order valence-corrected chi connectivity index (χ4v) is 3.06. The van der Waals surface area contributed by atoms with Crippen molar-refractivity contribution in [1.29, 1.82) is 0 Å². The lowest BCUT2D eigenvalue weighted by Crippen LogP contribution is -2.38. The molecular formula is C22H29FN2O3. The maximum absolute atomic E-state index is 13.1. The highest BCUT2D eigenvalue weighted by molar-refractivity contribution is 5.78. The summed E-state index contributed by atoms with van der Waals surface area (Å²) in [7, 11) is 3.20. The van der Waals surface area contributed by atoms with Crippen molar-refractivity contribution < 1.29 is 18.7 Å². The molecule has 0 aliphatic heterocycles. The van der Waals surface area contributed by atoms with Crippen LogP contribution in [0.15, 0.2) is 42.5 Å². The summed E-state index contributed by atoms with van der Waals surface area (Å²) in [6, 6.07) is 12.1. The quantitative estimate of drug-likeness (QED) is 0.654. The molecular weight excluding hydrogens is 359 g/mol. The largest absolute Gasteiger partial charge is 0.493 e. The van der Waals surface area contributed by atoms with Gasteiger partial charge in [-0.2, -0.15) is 0 Å². The molecule has 6 heteroatoms. The van der Waals surface area contributed by atoms with Crippen molar-refractivity contribution >= 4 is 5.91 Å². The molecule has 1 atom stereocenters. The molecule has 0 radical (unpaired) electrons. The molecule has 2 N–H and O–H groups in total. The van der Waals surface area contributed by atoms with Crippen LogP contribution in [0.25, 0.3) is 0 Å². The summed E-state index contributed by atoms with van der Waals surface area (Å²) < 4.78 is 23.7. The van der Waals surface area contributed by atoms with E-state index in [-0.39, 0.29) is 30.2 Å². The highest BCUT2D eigenvalue weighted by Crippen LogP contribution is 2.27. The molecule has 5 nitrogen and oxygen atoms in total. The number of amides is 1. The van der Waals surface area contributed by atoms with Crippen molar-refractivity contribution in [1.82, 2.24) is 10.6 Å². The van der Waals surface area contributed by atoms with E-state index >= 15 is 0 Å². The Hall–Kier alpha value is -2.60. The van der Waals surface area contributed by atoms with Crippen molar-refractivity contribution in [2.75, 3.05) is 27.3 Å². The van der Waals surface area contributed by atoms with E-state index in [1.807, 2.05) is 18.2 Å². The van der Waals surface area contributed by atoms with Gasteiger partial charge in [-0.25, -0.2) is 4.39 Å². The number of ether oxygens (including phenoxy) is 2. The second kappa shape index (κ2) is 10.7. The number of benzene rings is 2. The maximum Gasteiger partial charge on any atom is 0.233 e. The molecule has 0 spiro atoms. The molecule has 0 saturated carbocycles. The van der Waals surface area contributed by atoms with Crippen molar-refractivity contribution in [3.63, 3.8) is 0 Å². The standard InChI is InChI=1S/C22H29FN2O3/c1-15(2)22(17-6-8-18(23)9-7-17)25-14-21(26)24-12-11-16-5-10-19(27-3)20(13-16)28-4/h5-10,13,15,22,25H,11-12,14H2,1-4H3,(H,24,26). The Morgan fingerprint density at radius 3 is 2.32 bits per heavy atom. The Balaban J connectivity index is 1.82. The minimum Gasteiger partial charge on any atom is -0.493 e. The maximum atomic E-state index is 13.1. The summed E-state index contributed by atoms with van der Waals surface area (Å²) in [6.07, 6.45) is 0.692. The van der Waals surface area contributed by atoms with Gasteiger partial charge in [0, 0.05) is 12.6 Å². The first-order valence-electron chi connectivity index (χ1n) is 9.41. The Morgan fingerprint density at radius 1 is 1.04 bits per heavy atom. The second-order valence-corrected chi connectivity index (χ2v) is 6.94. The minimum atomic E-state index is -0.265. The average Bonchev–Trinajstić information content (AvgIpc) is 2.69. The zero-order valence-electron chi connectivity index (χ0n) is 16.9. The van der Waals surface area contributed by atoms with Gasteiger partial charge >= 0.3 is 0 Å². The van der Waals surface area contributed by atoms with Crippen LogP contribution in [0.4, 0.5) is 4.39 Å². The third-order valence-corrected chi connectivity index (χ3v) is 4.56. The van der Waals surface area contributed by atoms with Crippen LogP contribution in [0, 0.1) is 11.7 Å². The summed E-state index contributed by atoms with van der Waals surface area (Å²) in [5.41, 5.74) is 2.02. The van der Waals surface area contributed by atoms with Crippen molar-refractivity contribution in [3.05, 3.63) is 59.4 Å². The molecule has 0 saturated heterocycles. The Morgan fingerprint density at radius 2 is 1.71 bits per heavy atom. The van der Waals surface area contributed by atoms with Crippen molar-refractivity contribution in [3.8, 4) is 11.5 Å². The molecule has 1 amide bonds. The number of nitrogens with one attached hydrogen (secondary N) is 2. The van der Waals surface area contributed by atoms with Gasteiger partial charge in [0.25, 0.3) is 0 Å². The molecule has 2 aromatic carbocycles. The molecule has 152 valence electrons. The zero-order valence-corrected chi connectivity index (χ0v) is 16.9. The van der Waals surface area contributed by atoms with E-state index < -0.39 is 0 Å². The van der Waals surface area contributed by atoms with Crippen molar-refractivity contribution in [2.24, 2.45) is 5.92 Å². The van der Waals surface area contributed by atoms with Gasteiger partial charge in [0.1, 0.15) is 5.82 Å². The average molecular weight is 388 g/mol. The van der Waals surface area contributed by atoms with Crippen LogP contribution in [0.5, 0.6) is 11.5 Å². The number of halogens is 1. The summed E-state index contributed by atoms with van der Waals surface area (Å²) in [5.74, 6) is 1.28. The zero-order chi connectivity index (χ0) is 20.5. The first kappa shape index (κ1) is 21.7. The Bertz CT molecular complexity index is 763. The van der Waals surface area contributed by atoms with Crippen LogP contribution in [0.3, 0.4) is 0 Å². The molecule has 1 unspecified atom stereocenters. The number of hydrogen-bond acceptors (Lipinski definition) is 4. The number of carbonyl (C=O) groups is 1. The fraction of sp³-hybridized carbons (Fsp3) is 0.409. The third-order valence-electron chi connectivity index (χ3n) is 4.56. The Labute approximate surface area is 166 Å². The van der Waals surface area contributed by atoms with E-state index in [1.54, 1.807) is 26.4 Å². The van der Waals surface area contributed by atoms with E-state index in [1.165, 1.54) is 12.1 Å². The first-order valence-corrected chi connectivity index (χ1v) is 9.41. The minimum absolute atomic E-state index is 0.0165. The van der Waals surface area contributed by atoms with Crippen molar-refractivity contribution in [2.45, 2.75) is 26.3 Å². The van der Waals surface area contributed by atoms with Crippen LogP contribution in [-0.2, 0) is 11.2 Å². The third kappa shape index (κ3) is 6.23. The van der Waals surface area contributed by atoms with Gasteiger partial charge < -0.3 is 20.1 Å². The predicted octanol–water partition coefficient (Wildman–Crippen LogP) is 3.49. The van der Waals surface area contributed by atoms with Gasteiger partial charge in [-0.05, 0) is 47.7 Å². The lowest BCUT2D eigenvalue weighted by Gasteiger charge is -2.22. The number of rotatable bonds is 10. The van der Waals surface area contributed by atoms with E-state index in [4.69, 9.17) is 9.47 Å². The summed E-state index contributed by atoms with van der Waals surface area (Å²) in [4.78, 5) is 12.2. The highest BCUT2D eigenvalue weighted by Gasteiger charge is 2.16. The summed E-state index contributed by atoms with van der Waals surface area (Å²) in [6.45, 7) is 4.86. The molecule has 0 heterocycles. The van der Waals surface area contributed by atoms with E-state index in [0.717, 1.165) is 11.1 Å². The van der Waals surface area contributed by atoms with Gasteiger partial charge in [0.15, 0.2) is 11.5 Å². The van der Waals surface area contributed by atoms with Crippen LogP contribution in [0.2, 0.25) is 0 Å². The monoisotopic (exact) mass is 388 g/mol. The van der Waals surface area contributed by atoms with Gasteiger partial charge in [-0.3, -0.25) is 4.79 Å². The summed E-state index contributed by atoms with van der Waals surface area (Å²) >= 11 is 0. The fourth-order valence-electron chi connectivity index (χ4n) is 3.06. The Kier molecular flexibility index (Phi) is 8.26. The number of hydrogen-bond donors (Lipinski definition) is 2. The molecule has 2 aromatic rings. The SMILES string of the molecule is COc1ccc(CCNC(=O)CNC(c2ccc(F)cc2)C(C)C)cc1OC. The van der Waals surface area contributed by atoms with Crippen LogP contribution < -0.4 is 20.1 Å². The van der Waals surface area contributed by atoms with Crippen LogP contribution in [-0.4, -0.2) is 33.2 Å². The topological polar surface area (TPSA) is 59.6 Å². The lowest BCUT2D eigenvalue weighted by molar-refractivity contribution is -0.120. The van der Waals surface area contributed by atoms with Gasteiger partial charge in [0.2, 0.25) is 5.91 Å². The predicted molar refractivity (Wildman–Crippen MR) is 108 cm³/mol. The first-order chi connectivity index (χ1) is 13.4. The number of methoxy groups -OCH3 is 2. The van der Waals surface area contributed by atoms with E-state index in [9.17, 15) is 9.18 Å². The number of carbonyl (C=O) groups excluding carboxylic acids is 1. The van der Waals surface area contributed by atoms with E-state index in [2.05, 4.69) is 24.5 Å². The smallest absolute Gasteiger partial charge is 0.233 e. The highest BCUT2D eigenvalue weighted by atomic mass is 19.1. The van der Waals surface area contributed by atoms with E-state index in [0.29, 0.717) is 24.5 Å². The van der Waals surface area contributed by atoms with Gasteiger partial charge in [-0.15, -0.1) is 0 Å². The second-order valence-electron chi connectivity index (χ2n) is 6.94. The van der Waals surface area contributed by atoms with Gasteiger partial charge in [0.05, 0.1) is 20.8 Å². The molecule has 0 fully saturated rings. The molecule has 0 aliphatic carbocycles. The van der Waals surface area contributed by atoms with Gasteiger partial charge in [-0.1, -0.05) is 32.0 Å². The lowest BCUT2D eigenvalue weighted by atomic mass is 9.96. The summed E-state index contributed by atoms with van der Waals surface area (Å²) in [5, 5.41) is 6.18. The molecule has 28 heavy (non-hydrogen) atoms. The van der Waals surface area contributed by atoms with Crippen LogP contribution in [0.1, 0.15) is 31.0 Å². The molecule has 0 bridgehead atoms. The molecule has 2 rings (SSSR count). The molecule has 0 aromatic heterocycles.